The summed E-state index contributed by atoms with van der Waals surface area (Å²) in [5.41, 5.74) is 2.63. The predicted octanol–water partition coefficient (Wildman–Crippen LogP) is 5.63. The molecule has 0 spiro atoms. The van der Waals surface area contributed by atoms with Crippen LogP contribution in [-0.4, -0.2) is 23.8 Å². The van der Waals surface area contributed by atoms with Gasteiger partial charge in [-0.3, -0.25) is 9.59 Å². The Kier molecular flexibility index (Phi) is 5.39. The number of hydrogen-bond donors (Lipinski definition) is 1. The summed E-state index contributed by atoms with van der Waals surface area (Å²) in [6.45, 7) is 6.83. The Morgan fingerprint density at radius 1 is 1.21 bits per heavy atom. The van der Waals surface area contributed by atoms with Crippen molar-refractivity contribution in [3.63, 3.8) is 0 Å². The van der Waals surface area contributed by atoms with E-state index in [-0.39, 0.29) is 39.8 Å². The third-order valence-electron chi connectivity index (χ3n) is 10.0. The van der Waals surface area contributed by atoms with Crippen LogP contribution in [0.1, 0.15) is 71.3 Å². The van der Waals surface area contributed by atoms with Gasteiger partial charge in [-0.1, -0.05) is 25.5 Å². The molecule has 3 fully saturated rings. The third-order valence-corrected chi connectivity index (χ3v) is 10.0. The zero-order valence-electron chi connectivity index (χ0n) is 20.6. The zero-order valence-corrected chi connectivity index (χ0v) is 20.6. The van der Waals surface area contributed by atoms with Crippen molar-refractivity contribution in [3.05, 3.63) is 40.8 Å². The summed E-state index contributed by atoms with van der Waals surface area (Å²) in [5, 5.41) is 12.2. The van der Waals surface area contributed by atoms with E-state index in [1.165, 1.54) is 23.4 Å². The fraction of sp³-hybridized carbons (Fsp3) is 0.607. The highest BCUT2D eigenvalue weighted by molar-refractivity contribution is 5.94. The van der Waals surface area contributed by atoms with E-state index in [1.807, 2.05) is 18.0 Å². The topological polar surface area (TPSA) is 73.2 Å². The molecule has 34 heavy (non-hydrogen) atoms. The lowest BCUT2D eigenvalue weighted by Crippen LogP contribution is -2.54. The van der Waals surface area contributed by atoms with Gasteiger partial charge in [-0.25, -0.2) is 4.39 Å². The third kappa shape index (κ3) is 3.16. The Morgan fingerprint density at radius 3 is 2.71 bits per heavy atom. The molecule has 1 N–H and O–H groups in total. The number of carbonyl (C=O) groups excluding carboxylic acids is 2. The van der Waals surface area contributed by atoms with Gasteiger partial charge in [-0.2, -0.15) is 5.26 Å². The zero-order chi connectivity index (χ0) is 24.4. The number of rotatable bonds is 2. The molecular weight excluding hydrogens is 429 g/mol. The Morgan fingerprint density at radius 2 is 1.97 bits per heavy atom. The summed E-state index contributed by atoms with van der Waals surface area (Å²) >= 11 is 0. The van der Waals surface area contributed by atoms with Crippen molar-refractivity contribution in [1.29, 1.82) is 5.26 Å². The second-order valence-electron chi connectivity index (χ2n) is 11.5. The molecular formula is C28H34FN3O2. The van der Waals surface area contributed by atoms with E-state index in [9.17, 15) is 19.2 Å². The molecule has 3 aliphatic carbocycles. The lowest BCUT2D eigenvalue weighted by molar-refractivity contribution is -0.137. The molecule has 180 valence electrons. The number of fused-ring (bicyclic) bond motifs is 5. The normalized spacial score (nSPS) is 36.9. The van der Waals surface area contributed by atoms with E-state index in [4.69, 9.17) is 0 Å². The molecule has 5 nitrogen and oxygen atoms in total. The first-order valence-electron chi connectivity index (χ1n) is 12.6. The van der Waals surface area contributed by atoms with Crippen LogP contribution in [0.15, 0.2) is 29.5 Å². The summed E-state index contributed by atoms with van der Waals surface area (Å²) in [6, 6.07) is 6.25. The van der Waals surface area contributed by atoms with Crippen molar-refractivity contribution in [2.75, 3.05) is 12.4 Å². The Bertz CT molecular complexity index is 1140. The fourth-order valence-corrected chi connectivity index (χ4v) is 8.50. The molecule has 2 amide bonds. The molecule has 0 bridgehead atoms. The largest absolute Gasteiger partial charge is 0.325 e. The molecule has 4 aliphatic rings. The summed E-state index contributed by atoms with van der Waals surface area (Å²) < 4.78 is 14.1. The molecule has 1 aromatic carbocycles. The van der Waals surface area contributed by atoms with Gasteiger partial charge in [0.15, 0.2) is 0 Å². The Labute approximate surface area is 201 Å². The SMILES string of the molecule is CC1=C2N(C)C(=O)CC[C@]2(C)[C@H]2CC[C@]3(C)[C@@H](C(=O)Nc4cccc(F)c4C#N)CC[C@H]3[C@@H]2C1. The first-order valence-corrected chi connectivity index (χ1v) is 12.6. The minimum absolute atomic E-state index is 0.0145. The number of nitrogens with one attached hydrogen (secondary N) is 1. The van der Waals surface area contributed by atoms with Crippen LogP contribution < -0.4 is 5.32 Å². The average Bonchev–Trinajstić information content (AvgIpc) is 3.14. The molecule has 6 heteroatoms. The van der Waals surface area contributed by atoms with Gasteiger partial charge in [0.2, 0.25) is 11.8 Å². The first-order chi connectivity index (χ1) is 16.1. The Balaban J connectivity index is 1.42. The standard InChI is InChI=1S/C28H34FN3O2/c1-16-14-17-19-8-9-21(26(34)31-23-7-5-6-22(29)18(23)15-30)27(19,2)12-10-20(17)28(3)13-11-24(33)32(4)25(16)28/h5-7,17,19-21H,8-14H2,1-4H3,(H,31,34)/t17-,19-,20-,21+,27-,28+/m0/s1. The van der Waals surface area contributed by atoms with Gasteiger partial charge < -0.3 is 10.2 Å². The minimum Gasteiger partial charge on any atom is -0.325 e. The lowest BCUT2D eigenvalue weighted by Gasteiger charge is -2.59. The molecule has 1 aromatic rings. The monoisotopic (exact) mass is 463 g/mol. The van der Waals surface area contributed by atoms with Gasteiger partial charge in [0, 0.05) is 30.5 Å². The number of halogens is 1. The number of carbonyl (C=O) groups is 2. The van der Waals surface area contributed by atoms with E-state index in [1.54, 1.807) is 6.07 Å². The molecule has 1 aliphatic heterocycles. The maximum atomic E-state index is 14.1. The molecule has 2 saturated carbocycles. The first kappa shape index (κ1) is 23.1. The molecule has 1 saturated heterocycles. The van der Waals surface area contributed by atoms with E-state index in [0.29, 0.717) is 24.2 Å². The second-order valence-corrected chi connectivity index (χ2v) is 11.5. The van der Waals surface area contributed by atoms with Gasteiger partial charge >= 0.3 is 0 Å². The predicted molar refractivity (Wildman–Crippen MR) is 128 cm³/mol. The van der Waals surface area contributed by atoms with Crippen LogP contribution in [0.25, 0.3) is 0 Å². The summed E-state index contributed by atoms with van der Waals surface area (Å²) in [7, 11) is 1.93. The van der Waals surface area contributed by atoms with Crippen molar-refractivity contribution in [2.45, 2.75) is 65.7 Å². The minimum atomic E-state index is -0.610. The highest BCUT2D eigenvalue weighted by Crippen LogP contribution is 2.66. The highest BCUT2D eigenvalue weighted by Gasteiger charge is 2.61. The number of amides is 2. The molecule has 0 unspecified atom stereocenters. The summed E-state index contributed by atoms with van der Waals surface area (Å²) in [6.07, 6.45) is 6.37. The molecule has 5 rings (SSSR count). The number of anilines is 1. The van der Waals surface area contributed by atoms with Gasteiger partial charge in [-0.15, -0.1) is 0 Å². The van der Waals surface area contributed by atoms with Crippen LogP contribution >= 0.6 is 0 Å². The van der Waals surface area contributed by atoms with Crippen molar-refractivity contribution in [1.82, 2.24) is 4.90 Å². The average molecular weight is 464 g/mol. The smallest absolute Gasteiger partial charge is 0.228 e. The molecule has 1 heterocycles. The van der Waals surface area contributed by atoms with Crippen molar-refractivity contribution >= 4 is 17.5 Å². The van der Waals surface area contributed by atoms with E-state index in [0.717, 1.165) is 38.5 Å². The quantitative estimate of drug-likeness (QED) is 0.618. The lowest BCUT2D eigenvalue weighted by atomic mass is 9.48. The van der Waals surface area contributed by atoms with Crippen LogP contribution in [0.3, 0.4) is 0 Å². The molecule has 6 atom stereocenters. The van der Waals surface area contributed by atoms with Gasteiger partial charge in [0.05, 0.1) is 5.69 Å². The van der Waals surface area contributed by atoms with Gasteiger partial charge in [0.1, 0.15) is 17.4 Å². The van der Waals surface area contributed by atoms with Crippen molar-refractivity contribution in [3.8, 4) is 6.07 Å². The number of nitriles is 1. The van der Waals surface area contributed by atoms with Crippen LogP contribution in [0.5, 0.6) is 0 Å². The van der Waals surface area contributed by atoms with Crippen LogP contribution in [0.4, 0.5) is 10.1 Å². The summed E-state index contributed by atoms with van der Waals surface area (Å²) in [4.78, 5) is 27.8. The van der Waals surface area contributed by atoms with Crippen molar-refractivity contribution in [2.24, 2.45) is 34.5 Å². The van der Waals surface area contributed by atoms with Crippen LogP contribution in [0.2, 0.25) is 0 Å². The maximum absolute atomic E-state index is 14.1. The highest BCUT2D eigenvalue weighted by atomic mass is 19.1. The summed E-state index contributed by atoms with van der Waals surface area (Å²) in [5.74, 6) is 0.844. The number of hydrogen-bond acceptors (Lipinski definition) is 3. The molecule has 0 radical (unpaired) electrons. The number of piperidine rings is 1. The van der Waals surface area contributed by atoms with E-state index >= 15 is 0 Å². The van der Waals surface area contributed by atoms with Crippen LogP contribution in [0, 0.1) is 51.6 Å². The number of benzene rings is 1. The number of allylic oxidation sites excluding steroid dienone is 2. The number of likely N-dealkylation sites (tertiary alicyclic amines) is 1. The van der Waals surface area contributed by atoms with E-state index in [2.05, 4.69) is 26.1 Å². The molecule has 0 aromatic heterocycles. The van der Waals surface area contributed by atoms with Crippen LogP contribution in [-0.2, 0) is 9.59 Å². The Hall–Kier alpha value is -2.68. The van der Waals surface area contributed by atoms with Crippen molar-refractivity contribution < 1.29 is 14.0 Å². The fourth-order valence-electron chi connectivity index (χ4n) is 8.50. The maximum Gasteiger partial charge on any atom is 0.228 e. The van der Waals surface area contributed by atoms with Gasteiger partial charge in [0.25, 0.3) is 0 Å². The number of nitrogens with zero attached hydrogens (tertiary/aromatic N) is 2. The second kappa shape index (κ2) is 7.93. The van der Waals surface area contributed by atoms with E-state index < -0.39 is 5.82 Å². The van der Waals surface area contributed by atoms with Gasteiger partial charge in [-0.05, 0) is 80.8 Å².